The summed E-state index contributed by atoms with van der Waals surface area (Å²) in [5.74, 6) is -2.01. The highest BCUT2D eigenvalue weighted by molar-refractivity contribution is 6.03. The largest absolute Gasteiger partial charge is 0.454 e. The molecule has 2 heterocycles. The maximum atomic E-state index is 13.9. The van der Waals surface area contributed by atoms with Crippen LogP contribution in [0.15, 0.2) is 54.6 Å². The number of nitrogen functional groups attached to an aromatic ring is 1. The van der Waals surface area contributed by atoms with Crippen molar-refractivity contribution in [1.29, 1.82) is 0 Å². The third-order valence-corrected chi connectivity index (χ3v) is 5.99. The zero-order chi connectivity index (χ0) is 25.8. The van der Waals surface area contributed by atoms with Gasteiger partial charge in [-0.2, -0.15) is 5.10 Å². The lowest BCUT2D eigenvalue weighted by molar-refractivity contribution is -0.127. The maximum Gasteiger partial charge on any atom is 0.254 e. The molecule has 1 aromatic heterocycles. The van der Waals surface area contributed by atoms with Crippen molar-refractivity contribution in [2.24, 2.45) is 5.73 Å². The summed E-state index contributed by atoms with van der Waals surface area (Å²) in [6.07, 6.45) is 5.65. The summed E-state index contributed by atoms with van der Waals surface area (Å²) in [5, 5.41) is 4.61. The van der Waals surface area contributed by atoms with Crippen LogP contribution in [0.2, 0.25) is 0 Å². The van der Waals surface area contributed by atoms with E-state index in [2.05, 4.69) is 5.10 Å². The highest BCUT2D eigenvalue weighted by atomic mass is 19.1. The van der Waals surface area contributed by atoms with Gasteiger partial charge in [0.05, 0.1) is 6.04 Å². The molecular weight excluding hydrogens is 468 g/mol. The maximum absolute atomic E-state index is 13.9. The van der Waals surface area contributed by atoms with Crippen LogP contribution in [0.1, 0.15) is 42.6 Å². The lowest BCUT2D eigenvalue weighted by atomic mass is 10.1. The number of hydrogen-bond acceptors (Lipinski definition) is 5. The van der Waals surface area contributed by atoms with Gasteiger partial charge < -0.3 is 21.1 Å². The first-order valence-electron chi connectivity index (χ1n) is 11.6. The number of amides is 2. The predicted molar refractivity (Wildman–Crippen MR) is 131 cm³/mol. The first-order valence-corrected chi connectivity index (χ1v) is 11.6. The highest BCUT2D eigenvalue weighted by Gasteiger charge is 2.29. The molecule has 4 N–H and O–H groups in total. The fraction of sp³-hybridized carbons (Fsp3) is 0.269. The smallest absolute Gasteiger partial charge is 0.254 e. The molecule has 0 aliphatic carbocycles. The van der Waals surface area contributed by atoms with Crippen LogP contribution in [-0.2, 0) is 4.79 Å². The van der Waals surface area contributed by atoms with Crippen LogP contribution in [0.5, 0.6) is 11.5 Å². The van der Waals surface area contributed by atoms with E-state index in [0.29, 0.717) is 30.1 Å². The van der Waals surface area contributed by atoms with E-state index in [0.717, 1.165) is 31.4 Å². The van der Waals surface area contributed by atoms with Gasteiger partial charge in [-0.15, -0.1) is 0 Å². The molecule has 8 nitrogen and oxygen atoms in total. The Kier molecular flexibility index (Phi) is 7.33. The molecule has 0 radical (unpaired) electrons. The molecular formula is C26H27F2N5O3. The highest BCUT2D eigenvalue weighted by Crippen LogP contribution is 2.33. The molecule has 2 aromatic carbocycles. The molecule has 3 aromatic rings. The van der Waals surface area contributed by atoms with Crippen molar-refractivity contribution >= 4 is 17.6 Å². The number of piperidine rings is 1. The lowest BCUT2D eigenvalue weighted by Gasteiger charge is -2.32. The number of anilines is 1. The number of hydrogen-bond donors (Lipinski definition) is 2. The normalized spacial score (nSPS) is 15.9. The predicted octanol–water partition coefficient (Wildman–Crippen LogP) is 4.43. The Balaban J connectivity index is 1.60. The second-order valence-electron chi connectivity index (χ2n) is 8.51. The number of likely N-dealkylation sites (tertiary alicyclic amines) is 1. The van der Waals surface area contributed by atoms with Gasteiger partial charge in [-0.1, -0.05) is 13.0 Å². The SMILES string of the molecule is CC/C=C/C(=O)N1CCCC(n2nc(-c3ccc(Oc4ccc(F)cc4F)cc3)c(C(N)=O)c2N)C1. The number of rotatable bonds is 7. The zero-order valence-electron chi connectivity index (χ0n) is 19.8. The summed E-state index contributed by atoms with van der Waals surface area (Å²) in [6.45, 7) is 3.00. The minimum atomic E-state index is -0.827. The minimum Gasteiger partial charge on any atom is -0.454 e. The number of carbonyl (C=O) groups is 2. The zero-order valence-corrected chi connectivity index (χ0v) is 19.8. The summed E-state index contributed by atoms with van der Waals surface area (Å²) in [5.41, 5.74) is 12.9. The number of nitrogens with two attached hydrogens (primary N) is 2. The van der Waals surface area contributed by atoms with Gasteiger partial charge >= 0.3 is 0 Å². The first kappa shape index (κ1) is 24.9. The number of carbonyl (C=O) groups excluding carboxylic acids is 2. The van der Waals surface area contributed by atoms with Gasteiger partial charge in [0.25, 0.3) is 5.91 Å². The number of primary amides is 1. The van der Waals surface area contributed by atoms with Gasteiger partial charge in [0.1, 0.15) is 28.6 Å². The number of aromatic nitrogens is 2. The van der Waals surface area contributed by atoms with E-state index in [1.807, 2.05) is 13.0 Å². The van der Waals surface area contributed by atoms with Crippen LogP contribution < -0.4 is 16.2 Å². The quantitative estimate of drug-likeness (QED) is 0.471. The monoisotopic (exact) mass is 495 g/mol. The average Bonchev–Trinajstić information content (AvgIpc) is 3.22. The van der Waals surface area contributed by atoms with Crippen LogP contribution in [-0.4, -0.2) is 39.6 Å². The minimum absolute atomic E-state index is 0.0733. The van der Waals surface area contributed by atoms with Gasteiger partial charge in [-0.05, 0) is 61.7 Å². The summed E-state index contributed by atoms with van der Waals surface area (Å²) in [4.78, 5) is 26.5. The average molecular weight is 496 g/mol. The van der Waals surface area contributed by atoms with Crippen LogP contribution in [0.25, 0.3) is 11.3 Å². The molecule has 1 unspecified atom stereocenters. The third kappa shape index (κ3) is 5.22. The second-order valence-corrected chi connectivity index (χ2v) is 8.51. The second kappa shape index (κ2) is 10.6. The number of halogens is 2. The Hall–Kier alpha value is -4.21. The summed E-state index contributed by atoms with van der Waals surface area (Å²) in [6, 6.07) is 9.23. The number of ether oxygens (including phenoxy) is 1. The van der Waals surface area contributed by atoms with Crippen LogP contribution in [0, 0.1) is 11.6 Å². The van der Waals surface area contributed by atoms with E-state index in [4.69, 9.17) is 16.2 Å². The van der Waals surface area contributed by atoms with Crippen molar-refractivity contribution in [3.63, 3.8) is 0 Å². The standard InChI is InChI=1S/C26H27F2N5O3/c1-2-3-6-22(34)32-13-4-5-18(15-32)33-25(29)23(26(30)35)24(31-33)16-7-10-19(11-8-16)36-21-12-9-17(27)14-20(21)28/h3,6-12,14,18H,2,4-5,13,15,29H2,1H3,(H2,30,35)/b6-3+. The molecule has 2 amide bonds. The van der Waals surface area contributed by atoms with Crippen LogP contribution in [0.3, 0.4) is 0 Å². The Labute approximate surface area is 207 Å². The van der Waals surface area contributed by atoms with Crippen molar-refractivity contribution in [1.82, 2.24) is 14.7 Å². The van der Waals surface area contributed by atoms with Gasteiger partial charge in [0.2, 0.25) is 5.91 Å². The Morgan fingerprint density at radius 3 is 2.61 bits per heavy atom. The Bertz CT molecular complexity index is 1300. The Morgan fingerprint density at radius 2 is 1.94 bits per heavy atom. The lowest BCUT2D eigenvalue weighted by Crippen LogP contribution is -2.40. The number of benzene rings is 2. The van der Waals surface area contributed by atoms with E-state index in [9.17, 15) is 18.4 Å². The van der Waals surface area contributed by atoms with Crippen LogP contribution >= 0.6 is 0 Å². The fourth-order valence-electron chi connectivity index (χ4n) is 4.22. The summed E-state index contributed by atoms with van der Waals surface area (Å²) in [7, 11) is 0. The fourth-order valence-corrected chi connectivity index (χ4v) is 4.22. The van der Waals surface area contributed by atoms with Crippen molar-refractivity contribution in [3.05, 3.63) is 71.8 Å². The molecule has 1 fully saturated rings. The number of allylic oxidation sites excluding steroid dienone is 1. The van der Waals surface area contributed by atoms with Crippen LogP contribution in [0.4, 0.5) is 14.6 Å². The molecule has 0 saturated carbocycles. The van der Waals surface area contributed by atoms with E-state index in [1.165, 1.54) is 6.07 Å². The van der Waals surface area contributed by atoms with Gasteiger partial charge in [-0.3, -0.25) is 9.59 Å². The molecule has 1 aliphatic heterocycles. The molecule has 1 atom stereocenters. The first-order chi connectivity index (χ1) is 17.3. The molecule has 4 rings (SSSR count). The molecule has 1 saturated heterocycles. The topological polar surface area (TPSA) is 116 Å². The van der Waals surface area contributed by atoms with E-state index < -0.39 is 17.5 Å². The van der Waals surface area contributed by atoms with E-state index >= 15 is 0 Å². The van der Waals surface area contributed by atoms with E-state index in [-0.39, 0.29) is 29.1 Å². The molecule has 188 valence electrons. The van der Waals surface area contributed by atoms with Crippen molar-refractivity contribution in [2.75, 3.05) is 18.8 Å². The summed E-state index contributed by atoms with van der Waals surface area (Å²) < 4.78 is 34.1. The molecule has 0 spiro atoms. The molecule has 0 bridgehead atoms. The number of nitrogens with zero attached hydrogens (tertiary/aromatic N) is 3. The summed E-state index contributed by atoms with van der Waals surface area (Å²) >= 11 is 0. The third-order valence-electron chi connectivity index (χ3n) is 5.99. The van der Waals surface area contributed by atoms with Crippen molar-refractivity contribution < 1.29 is 23.1 Å². The van der Waals surface area contributed by atoms with Gasteiger partial charge in [0.15, 0.2) is 11.6 Å². The van der Waals surface area contributed by atoms with E-state index in [1.54, 1.807) is 39.9 Å². The van der Waals surface area contributed by atoms with Gasteiger partial charge in [-0.25, -0.2) is 13.5 Å². The van der Waals surface area contributed by atoms with Gasteiger partial charge in [0, 0.05) is 24.7 Å². The van der Waals surface area contributed by atoms with Crippen molar-refractivity contribution in [3.8, 4) is 22.8 Å². The van der Waals surface area contributed by atoms with Crippen molar-refractivity contribution in [2.45, 2.75) is 32.2 Å². The molecule has 36 heavy (non-hydrogen) atoms. The molecule has 1 aliphatic rings. The Morgan fingerprint density at radius 1 is 1.19 bits per heavy atom. The molecule has 10 heteroatoms.